The summed E-state index contributed by atoms with van der Waals surface area (Å²) in [4.78, 5) is 65.2. The van der Waals surface area contributed by atoms with Gasteiger partial charge in [0.15, 0.2) is 11.8 Å². The number of rotatable bonds is 12. The second kappa shape index (κ2) is 15.9. The number of esters is 2. The largest absolute Gasteiger partial charge is 0.460 e. The normalized spacial score (nSPS) is 27.6. The monoisotopic (exact) mass is 907 g/mol. The van der Waals surface area contributed by atoms with Crippen LogP contribution in [0.2, 0.25) is 0 Å². The maximum absolute atomic E-state index is 15.6. The predicted molar refractivity (Wildman–Crippen MR) is 217 cm³/mol. The number of hydroxylamine groups is 2. The van der Waals surface area contributed by atoms with Crippen molar-refractivity contribution in [3.63, 3.8) is 0 Å². The average molecular weight is 908 g/mol. The van der Waals surface area contributed by atoms with Crippen molar-refractivity contribution in [3.05, 3.63) is 105 Å². The van der Waals surface area contributed by atoms with Gasteiger partial charge < -0.3 is 34.3 Å². The van der Waals surface area contributed by atoms with E-state index >= 15 is 4.79 Å². The number of carbonyl (C=O) groups is 4. The zero-order valence-electron chi connectivity index (χ0n) is 33.1. The summed E-state index contributed by atoms with van der Waals surface area (Å²) in [7, 11) is 1.57. The van der Waals surface area contributed by atoms with Crippen LogP contribution >= 0.6 is 22.6 Å². The van der Waals surface area contributed by atoms with E-state index in [1.54, 1.807) is 32.9 Å². The van der Waals surface area contributed by atoms with Crippen molar-refractivity contribution in [2.45, 2.75) is 120 Å². The number of carbonyl (C=O) groups excluding carboxylic acids is 4. The summed E-state index contributed by atoms with van der Waals surface area (Å²) in [5, 5.41) is 14.8. The molecule has 2 aliphatic carbocycles. The number of aliphatic hydroxyl groups excluding tert-OH is 1. The number of likely N-dealkylation sites (N-methyl/N-ethyl adjacent to an activating group) is 1. The summed E-state index contributed by atoms with van der Waals surface area (Å²) in [5.74, 6) is -3.05. The number of nitrogens with zero attached hydrogens (tertiary/aromatic N) is 2. The maximum atomic E-state index is 15.6. The molecule has 4 fully saturated rings. The Labute approximate surface area is 351 Å². The Hall–Kier alpha value is -3.93. The Kier molecular flexibility index (Phi) is 11.2. The molecule has 308 valence electrons. The number of aliphatic hydroxyl groups is 1. The molecule has 2 N–H and O–H groups in total. The van der Waals surface area contributed by atoms with Crippen molar-refractivity contribution in [1.29, 1.82) is 0 Å². The predicted octanol–water partition coefficient (Wildman–Crippen LogP) is 4.04. The van der Waals surface area contributed by atoms with Gasteiger partial charge in [0.25, 0.3) is 0 Å². The van der Waals surface area contributed by atoms with Gasteiger partial charge in [-0.3, -0.25) is 24.0 Å². The number of amides is 2. The van der Waals surface area contributed by atoms with Gasteiger partial charge in [-0.2, -0.15) is 5.06 Å². The molecule has 8 unspecified atom stereocenters. The van der Waals surface area contributed by atoms with Crippen LogP contribution in [0.5, 0.6) is 0 Å². The molecule has 3 aromatic rings. The molecule has 13 nitrogen and oxygen atoms in total. The number of nitrogens with one attached hydrogen (secondary N) is 1. The van der Waals surface area contributed by atoms with Crippen molar-refractivity contribution in [2.75, 3.05) is 13.7 Å². The smallest absolute Gasteiger partial charge is 0.327 e. The minimum absolute atomic E-state index is 0.0261. The first-order valence-electron chi connectivity index (χ1n) is 19.9. The van der Waals surface area contributed by atoms with Gasteiger partial charge in [0.2, 0.25) is 11.8 Å². The first-order chi connectivity index (χ1) is 27.7. The standard InChI is InChI=1S/C44H50IN3O10/c1-42(2,3)55-34(50)18-17-31(25-49)46-39(51)32(20-26-11-6-5-7-12-26)47(4)41(53)44-23-33-35-36(57-43(56-35)21-28-14-8-9-15-29(28)22-43)38(44)58-48(37(44)40(52)54-33)24-27-13-10-16-30(45)19-27/h5-16,19,31-33,35-38,49H,17-18,20-25H2,1-4H3,(H,46,51). The summed E-state index contributed by atoms with van der Waals surface area (Å²) < 4.78 is 26.3. The van der Waals surface area contributed by atoms with Gasteiger partial charge in [-0.05, 0) is 84.2 Å². The lowest BCUT2D eigenvalue weighted by molar-refractivity contribution is -0.218. The Morgan fingerprint density at radius 2 is 1.66 bits per heavy atom. The summed E-state index contributed by atoms with van der Waals surface area (Å²) in [6, 6.07) is 22.2. The molecule has 2 amide bonds. The summed E-state index contributed by atoms with van der Waals surface area (Å²) >= 11 is 2.23. The number of hydrogen-bond acceptors (Lipinski definition) is 11. The fraction of sp³-hybridized carbons (Fsp3) is 0.500. The van der Waals surface area contributed by atoms with E-state index < -0.39 is 89.7 Å². The topological polar surface area (TPSA) is 153 Å². The fourth-order valence-corrected chi connectivity index (χ4v) is 10.1. The van der Waals surface area contributed by atoms with Crippen LogP contribution in [0.4, 0.5) is 0 Å². The van der Waals surface area contributed by atoms with E-state index in [0.717, 1.165) is 25.8 Å². The molecule has 8 atom stereocenters. The highest BCUT2D eigenvalue weighted by Crippen LogP contribution is 2.59. The lowest BCUT2D eigenvalue weighted by atomic mass is 9.62. The highest BCUT2D eigenvalue weighted by Gasteiger charge is 2.77. The lowest BCUT2D eigenvalue weighted by Gasteiger charge is -2.50. The molecule has 1 spiro atoms. The highest BCUT2D eigenvalue weighted by atomic mass is 127. The molecule has 14 heteroatoms. The average Bonchev–Trinajstić information content (AvgIpc) is 3.86. The van der Waals surface area contributed by atoms with Crippen LogP contribution in [0.15, 0.2) is 78.9 Å². The fourth-order valence-electron chi connectivity index (χ4n) is 9.46. The van der Waals surface area contributed by atoms with E-state index in [1.165, 1.54) is 4.90 Å². The van der Waals surface area contributed by atoms with Crippen LogP contribution in [0, 0.1) is 8.99 Å². The number of benzene rings is 3. The minimum atomic E-state index is -1.51. The molecule has 0 radical (unpaired) electrons. The molecular weight excluding hydrogens is 857 g/mol. The third-order valence-electron chi connectivity index (χ3n) is 12.0. The Balaban J connectivity index is 1.12. The van der Waals surface area contributed by atoms with Crippen LogP contribution in [-0.2, 0) is 68.8 Å². The number of halogens is 1. The molecule has 3 saturated heterocycles. The van der Waals surface area contributed by atoms with Crippen LogP contribution in [0.3, 0.4) is 0 Å². The van der Waals surface area contributed by atoms with Crippen molar-refractivity contribution >= 4 is 46.3 Å². The van der Waals surface area contributed by atoms with Crippen molar-refractivity contribution in [2.24, 2.45) is 5.41 Å². The number of ether oxygens (including phenoxy) is 4. The Bertz CT molecular complexity index is 2030. The summed E-state index contributed by atoms with van der Waals surface area (Å²) in [6.45, 7) is 5.07. The van der Waals surface area contributed by atoms with Crippen LogP contribution in [-0.4, -0.2) is 106 Å². The molecular formula is C44H50IN3O10. The van der Waals surface area contributed by atoms with E-state index in [9.17, 15) is 19.5 Å². The van der Waals surface area contributed by atoms with Crippen molar-refractivity contribution in [1.82, 2.24) is 15.3 Å². The van der Waals surface area contributed by atoms with Crippen molar-refractivity contribution < 1.29 is 48.1 Å². The van der Waals surface area contributed by atoms with E-state index in [-0.39, 0.29) is 32.2 Å². The first-order valence-corrected chi connectivity index (χ1v) is 21.0. The van der Waals surface area contributed by atoms with E-state index in [0.29, 0.717) is 12.8 Å². The van der Waals surface area contributed by atoms with Crippen LogP contribution in [0.25, 0.3) is 0 Å². The van der Waals surface area contributed by atoms with E-state index in [2.05, 4.69) is 40.0 Å². The number of fused-ring (bicyclic) bond motifs is 5. The SMILES string of the molecule is CN(C(=O)C12CC3OC(=O)C1N(Cc1cccc(I)c1)OC2C1OC2(Cc4ccccc4C2)OC31)C(Cc1ccccc1)C(=O)NC(CO)CCC(=O)OC(C)(C)C. The summed E-state index contributed by atoms with van der Waals surface area (Å²) in [5.41, 5.74) is 1.70. The molecule has 58 heavy (non-hydrogen) atoms. The van der Waals surface area contributed by atoms with Gasteiger partial charge in [0.05, 0.1) is 19.2 Å². The Morgan fingerprint density at radius 1 is 0.983 bits per heavy atom. The number of hydrogen-bond donors (Lipinski definition) is 2. The van der Waals surface area contributed by atoms with Gasteiger partial charge in [-0.1, -0.05) is 66.7 Å². The van der Waals surface area contributed by atoms with Crippen molar-refractivity contribution in [3.8, 4) is 0 Å². The second-order valence-electron chi connectivity index (χ2n) is 17.2. The molecule has 3 aromatic carbocycles. The maximum Gasteiger partial charge on any atom is 0.327 e. The van der Waals surface area contributed by atoms with E-state index in [1.807, 2.05) is 66.7 Å². The third kappa shape index (κ3) is 7.79. The van der Waals surface area contributed by atoms with E-state index in [4.69, 9.17) is 23.8 Å². The van der Waals surface area contributed by atoms with Gasteiger partial charge in [-0.25, -0.2) is 0 Å². The molecule has 5 aliphatic rings. The summed E-state index contributed by atoms with van der Waals surface area (Å²) in [6.07, 6.45) is -1.88. The molecule has 3 aliphatic heterocycles. The van der Waals surface area contributed by atoms with Gasteiger partial charge in [0.1, 0.15) is 41.5 Å². The second-order valence-corrected chi connectivity index (χ2v) is 18.4. The van der Waals surface area contributed by atoms with Crippen LogP contribution < -0.4 is 5.32 Å². The zero-order chi connectivity index (χ0) is 41.0. The van der Waals surface area contributed by atoms with Gasteiger partial charge in [0, 0.05) is 42.7 Å². The quantitative estimate of drug-likeness (QED) is 0.200. The zero-order valence-corrected chi connectivity index (χ0v) is 35.3. The molecule has 0 aromatic heterocycles. The minimum Gasteiger partial charge on any atom is -0.460 e. The van der Waals surface area contributed by atoms with Gasteiger partial charge in [-0.15, -0.1) is 0 Å². The molecule has 2 bridgehead atoms. The molecule has 3 heterocycles. The highest BCUT2D eigenvalue weighted by molar-refractivity contribution is 14.1. The van der Waals surface area contributed by atoms with Gasteiger partial charge >= 0.3 is 11.9 Å². The first kappa shape index (κ1) is 40.8. The Morgan fingerprint density at radius 3 is 2.33 bits per heavy atom. The molecule has 1 saturated carbocycles. The lowest BCUT2D eigenvalue weighted by Crippen LogP contribution is -2.70. The molecule has 8 rings (SSSR count). The third-order valence-corrected chi connectivity index (χ3v) is 12.6. The van der Waals surface area contributed by atoms with Crippen LogP contribution in [0.1, 0.15) is 62.3 Å².